The lowest BCUT2D eigenvalue weighted by Gasteiger charge is -2.02. The molecule has 106 valence electrons. The molecule has 0 saturated carbocycles. The molecule has 0 unspecified atom stereocenters. The summed E-state index contributed by atoms with van der Waals surface area (Å²) >= 11 is 0. The summed E-state index contributed by atoms with van der Waals surface area (Å²) in [6.07, 6.45) is 3.45. The predicted molar refractivity (Wildman–Crippen MR) is 77.7 cm³/mol. The summed E-state index contributed by atoms with van der Waals surface area (Å²) in [5.74, 6) is 1.25. The second-order valence-electron chi connectivity index (χ2n) is 4.60. The second-order valence-corrected chi connectivity index (χ2v) is 4.60. The van der Waals surface area contributed by atoms with Crippen LogP contribution in [0.4, 0.5) is 5.69 Å². The van der Waals surface area contributed by atoms with Crippen LogP contribution in [0.5, 0.6) is 5.75 Å². The van der Waals surface area contributed by atoms with E-state index in [1.54, 1.807) is 36.7 Å². The van der Waals surface area contributed by atoms with Crippen molar-refractivity contribution in [3.63, 3.8) is 0 Å². The summed E-state index contributed by atoms with van der Waals surface area (Å²) in [6, 6.07) is 8.68. The van der Waals surface area contributed by atoms with Gasteiger partial charge < -0.3 is 14.9 Å². The number of hydrogen-bond acceptors (Lipinski definition) is 6. The first kappa shape index (κ1) is 13.1. The van der Waals surface area contributed by atoms with Crippen molar-refractivity contribution >= 4 is 5.69 Å². The average molecular weight is 282 g/mol. The first-order valence-electron chi connectivity index (χ1n) is 6.49. The van der Waals surface area contributed by atoms with Crippen LogP contribution in [0.25, 0.3) is 11.4 Å². The van der Waals surface area contributed by atoms with E-state index in [2.05, 4.69) is 20.4 Å². The molecule has 21 heavy (non-hydrogen) atoms. The number of aryl methyl sites for hydroxylation is 1. The maximum absolute atomic E-state index is 9.22. The molecule has 3 aromatic rings. The Morgan fingerprint density at radius 2 is 2.00 bits per heavy atom. The lowest BCUT2D eigenvalue weighted by Crippen LogP contribution is -1.99. The van der Waals surface area contributed by atoms with Crippen LogP contribution in [0, 0.1) is 6.92 Å². The molecule has 1 aromatic carbocycles. The van der Waals surface area contributed by atoms with Crippen molar-refractivity contribution in [1.29, 1.82) is 0 Å². The molecule has 0 radical (unpaired) electrons. The van der Waals surface area contributed by atoms with Crippen molar-refractivity contribution in [3.05, 3.63) is 54.2 Å². The van der Waals surface area contributed by atoms with Crippen LogP contribution < -0.4 is 5.32 Å². The highest BCUT2D eigenvalue weighted by Crippen LogP contribution is 2.19. The molecule has 0 aliphatic rings. The molecule has 0 bridgehead atoms. The number of phenolic OH excluding ortho intramolecular Hbond substituents is 1. The third-order valence-electron chi connectivity index (χ3n) is 3.06. The quantitative estimate of drug-likeness (QED) is 0.716. The van der Waals surface area contributed by atoms with Gasteiger partial charge in [-0.1, -0.05) is 5.16 Å². The van der Waals surface area contributed by atoms with Gasteiger partial charge in [-0.3, -0.25) is 4.98 Å². The SMILES string of the molecule is Cc1ccncc1-c1noc(CNc2ccc(O)cc2)n1. The van der Waals surface area contributed by atoms with Gasteiger partial charge in [0.1, 0.15) is 5.75 Å². The standard InChI is InChI=1S/C15H14N4O2/c1-10-6-7-16-8-13(10)15-18-14(21-19-15)9-17-11-2-4-12(20)5-3-11/h2-8,17,20H,9H2,1H3. The molecule has 2 aromatic heterocycles. The van der Waals surface area contributed by atoms with Gasteiger partial charge in [-0.05, 0) is 42.8 Å². The van der Waals surface area contributed by atoms with Gasteiger partial charge in [0, 0.05) is 23.6 Å². The molecule has 2 N–H and O–H groups in total. The highest BCUT2D eigenvalue weighted by Gasteiger charge is 2.10. The van der Waals surface area contributed by atoms with Crippen LogP contribution >= 0.6 is 0 Å². The fourth-order valence-electron chi connectivity index (χ4n) is 1.89. The summed E-state index contributed by atoms with van der Waals surface area (Å²) in [7, 11) is 0. The summed E-state index contributed by atoms with van der Waals surface area (Å²) in [5.41, 5.74) is 2.77. The molecule has 0 fully saturated rings. The number of aromatic hydroxyl groups is 1. The summed E-state index contributed by atoms with van der Waals surface area (Å²) in [6.45, 7) is 2.39. The van der Waals surface area contributed by atoms with Gasteiger partial charge in [0.25, 0.3) is 0 Å². The summed E-state index contributed by atoms with van der Waals surface area (Å²) in [5, 5.41) is 16.3. The maximum atomic E-state index is 9.22. The molecule has 2 heterocycles. The Balaban J connectivity index is 1.71. The number of anilines is 1. The van der Waals surface area contributed by atoms with Gasteiger partial charge >= 0.3 is 0 Å². The monoisotopic (exact) mass is 282 g/mol. The molecule has 0 amide bonds. The Morgan fingerprint density at radius 3 is 2.76 bits per heavy atom. The second kappa shape index (κ2) is 5.62. The van der Waals surface area contributed by atoms with Crippen LogP contribution in [-0.2, 0) is 6.54 Å². The molecule has 0 saturated heterocycles. The van der Waals surface area contributed by atoms with E-state index in [0.717, 1.165) is 16.8 Å². The van der Waals surface area contributed by atoms with Crippen molar-refractivity contribution in [2.75, 3.05) is 5.32 Å². The summed E-state index contributed by atoms with van der Waals surface area (Å²) in [4.78, 5) is 8.42. The molecular formula is C15H14N4O2. The van der Waals surface area contributed by atoms with Gasteiger partial charge in [0.15, 0.2) is 0 Å². The fourth-order valence-corrected chi connectivity index (χ4v) is 1.89. The molecule has 6 nitrogen and oxygen atoms in total. The molecular weight excluding hydrogens is 268 g/mol. The van der Waals surface area contributed by atoms with E-state index in [-0.39, 0.29) is 5.75 Å². The Morgan fingerprint density at radius 1 is 1.19 bits per heavy atom. The van der Waals surface area contributed by atoms with Crippen molar-refractivity contribution in [1.82, 2.24) is 15.1 Å². The smallest absolute Gasteiger partial charge is 0.246 e. The molecule has 0 aliphatic heterocycles. The minimum absolute atomic E-state index is 0.229. The normalized spacial score (nSPS) is 10.5. The molecule has 3 rings (SSSR count). The van der Waals surface area contributed by atoms with Crippen molar-refractivity contribution in [2.24, 2.45) is 0 Å². The molecule has 6 heteroatoms. The highest BCUT2D eigenvalue weighted by molar-refractivity contribution is 5.57. The lowest BCUT2D eigenvalue weighted by atomic mass is 10.1. The average Bonchev–Trinajstić information content (AvgIpc) is 2.96. The van der Waals surface area contributed by atoms with Crippen LogP contribution in [0.2, 0.25) is 0 Å². The zero-order valence-corrected chi connectivity index (χ0v) is 11.4. The number of nitrogens with zero attached hydrogens (tertiary/aromatic N) is 3. The topological polar surface area (TPSA) is 84.1 Å². The zero-order chi connectivity index (χ0) is 14.7. The first-order chi connectivity index (χ1) is 10.2. The first-order valence-corrected chi connectivity index (χ1v) is 6.49. The van der Waals surface area contributed by atoms with Crippen molar-refractivity contribution in [3.8, 4) is 17.1 Å². The number of aromatic nitrogens is 3. The van der Waals surface area contributed by atoms with Gasteiger partial charge in [-0.2, -0.15) is 4.98 Å². The maximum Gasteiger partial charge on any atom is 0.246 e. The van der Waals surface area contributed by atoms with Crippen LogP contribution in [0.1, 0.15) is 11.5 Å². The number of nitrogens with one attached hydrogen (secondary N) is 1. The Bertz CT molecular complexity index is 737. The van der Waals surface area contributed by atoms with Crippen molar-refractivity contribution < 1.29 is 9.63 Å². The van der Waals surface area contributed by atoms with Crippen LogP contribution in [0.3, 0.4) is 0 Å². The third kappa shape index (κ3) is 3.00. The predicted octanol–water partition coefficient (Wildman–Crippen LogP) is 2.76. The summed E-state index contributed by atoms with van der Waals surface area (Å²) < 4.78 is 5.22. The van der Waals surface area contributed by atoms with Gasteiger partial charge in [-0.25, -0.2) is 0 Å². The van der Waals surface area contributed by atoms with E-state index >= 15 is 0 Å². The van der Waals surface area contributed by atoms with E-state index < -0.39 is 0 Å². The number of pyridine rings is 1. The van der Waals surface area contributed by atoms with Gasteiger partial charge in [-0.15, -0.1) is 0 Å². The Labute approximate surface area is 121 Å². The van der Waals surface area contributed by atoms with Gasteiger partial charge in [0.2, 0.25) is 11.7 Å². The largest absolute Gasteiger partial charge is 0.508 e. The van der Waals surface area contributed by atoms with E-state index in [0.29, 0.717) is 18.3 Å². The zero-order valence-electron chi connectivity index (χ0n) is 11.4. The Kier molecular flexibility index (Phi) is 3.51. The number of rotatable bonds is 4. The van der Waals surface area contributed by atoms with E-state index in [1.165, 1.54) is 0 Å². The van der Waals surface area contributed by atoms with Crippen LogP contribution in [0.15, 0.2) is 47.2 Å². The molecule has 0 spiro atoms. The number of phenols is 1. The van der Waals surface area contributed by atoms with Gasteiger partial charge in [0.05, 0.1) is 6.54 Å². The molecule has 0 atom stereocenters. The minimum Gasteiger partial charge on any atom is -0.508 e. The van der Waals surface area contributed by atoms with E-state index in [1.807, 2.05) is 13.0 Å². The molecule has 0 aliphatic carbocycles. The van der Waals surface area contributed by atoms with E-state index in [4.69, 9.17) is 4.52 Å². The Hall–Kier alpha value is -2.89. The minimum atomic E-state index is 0.229. The lowest BCUT2D eigenvalue weighted by molar-refractivity contribution is 0.384. The fraction of sp³-hybridized carbons (Fsp3) is 0.133. The van der Waals surface area contributed by atoms with E-state index in [9.17, 15) is 5.11 Å². The number of hydrogen-bond donors (Lipinski definition) is 2. The van der Waals surface area contributed by atoms with Crippen LogP contribution in [-0.4, -0.2) is 20.2 Å². The highest BCUT2D eigenvalue weighted by atomic mass is 16.5. The number of benzene rings is 1. The van der Waals surface area contributed by atoms with Crippen molar-refractivity contribution in [2.45, 2.75) is 13.5 Å². The third-order valence-corrected chi connectivity index (χ3v) is 3.06.